The maximum Gasteiger partial charge on any atom is 0.191 e. The van der Waals surface area contributed by atoms with Gasteiger partial charge in [-0.15, -0.1) is 24.0 Å². The van der Waals surface area contributed by atoms with Crippen LogP contribution >= 0.6 is 24.0 Å². The van der Waals surface area contributed by atoms with E-state index in [-0.39, 0.29) is 35.1 Å². The van der Waals surface area contributed by atoms with Crippen molar-refractivity contribution in [2.75, 3.05) is 39.9 Å². The lowest BCUT2D eigenvalue weighted by molar-refractivity contribution is -0.0149. The smallest absolute Gasteiger partial charge is 0.191 e. The van der Waals surface area contributed by atoms with Gasteiger partial charge in [-0.3, -0.25) is 9.89 Å². The number of rotatable bonds is 7. The lowest BCUT2D eigenvalue weighted by Gasteiger charge is -2.41. The Morgan fingerprint density at radius 3 is 2.38 bits per heavy atom. The fourth-order valence-electron chi connectivity index (χ4n) is 3.12. The van der Waals surface area contributed by atoms with Crippen molar-refractivity contribution in [1.29, 1.82) is 0 Å². The zero-order valence-corrected chi connectivity index (χ0v) is 21.2. The Morgan fingerprint density at radius 2 is 1.76 bits per heavy atom. The third kappa shape index (κ3) is 9.63. The van der Waals surface area contributed by atoms with E-state index in [1.165, 1.54) is 11.1 Å². The molecule has 1 aromatic rings. The van der Waals surface area contributed by atoms with Crippen LogP contribution in [0.25, 0.3) is 0 Å². The van der Waals surface area contributed by atoms with Crippen LogP contribution in [0.5, 0.6) is 0 Å². The molecule has 0 aromatic heterocycles. The Balaban J connectivity index is 0.00000420. The second-order valence-electron chi connectivity index (χ2n) is 8.91. The van der Waals surface area contributed by atoms with Gasteiger partial charge >= 0.3 is 0 Å². The molecule has 1 fully saturated rings. The van der Waals surface area contributed by atoms with Crippen molar-refractivity contribution in [1.82, 2.24) is 15.5 Å². The molecule has 166 valence electrons. The van der Waals surface area contributed by atoms with Crippen LogP contribution in [-0.2, 0) is 22.6 Å². The molecule has 6 nitrogen and oxygen atoms in total. The quantitative estimate of drug-likeness (QED) is 0.329. The lowest BCUT2D eigenvalue weighted by atomic mass is 10.0. The van der Waals surface area contributed by atoms with E-state index in [1.54, 1.807) is 0 Å². The number of morpholine rings is 1. The number of benzene rings is 1. The summed E-state index contributed by atoms with van der Waals surface area (Å²) in [6, 6.07) is 8.49. The van der Waals surface area contributed by atoms with Gasteiger partial charge in [0.1, 0.15) is 0 Å². The first kappa shape index (κ1) is 26.1. The molecule has 29 heavy (non-hydrogen) atoms. The lowest BCUT2D eigenvalue weighted by Crippen LogP contribution is -2.56. The number of halogens is 1. The Labute approximate surface area is 193 Å². The predicted molar refractivity (Wildman–Crippen MR) is 131 cm³/mol. The number of nitrogens with one attached hydrogen (secondary N) is 2. The van der Waals surface area contributed by atoms with Gasteiger partial charge in [0.15, 0.2) is 5.96 Å². The zero-order valence-electron chi connectivity index (χ0n) is 18.9. The molecule has 0 spiro atoms. The molecule has 0 atom stereocenters. The van der Waals surface area contributed by atoms with Crippen LogP contribution < -0.4 is 10.6 Å². The van der Waals surface area contributed by atoms with Crippen molar-refractivity contribution in [3.8, 4) is 0 Å². The van der Waals surface area contributed by atoms with Crippen molar-refractivity contribution in [3.63, 3.8) is 0 Å². The van der Waals surface area contributed by atoms with E-state index < -0.39 is 0 Å². The Hall–Kier alpha value is -0.900. The fourth-order valence-corrected chi connectivity index (χ4v) is 3.12. The van der Waals surface area contributed by atoms with Crippen LogP contribution in [0, 0.1) is 0 Å². The summed E-state index contributed by atoms with van der Waals surface area (Å²) in [5, 5.41) is 6.88. The molecule has 1 saturated heterocycles. The summed E-state index contributed by atoms with van der Waals surface area (Å²) in [6.45, 7) is 16.5. The molecule has 2 rings (SSSR count). The van der Waals surface area contributed by atoms with Gasteiger partial charge in [-0.25, -0.2) is 0 Å². The van der Waals surface area contributed by atoms with E-state index in [4.69, 9.17) is 9.47 Å². The SMILES string of the molecule is CN=C(NCc1cccc(COC(C)(C)C)c1)NCC(C)(C)N1CCOCC1.I. The van der Waals surface area contributed by atoms with Gasteiger partial charge in [-0.1, -0.05) is 24.3 Å². The van der Waals surface area contributed by atoms with E-state index in [0.29, 0.717) is 6.61 Å². The first-order chi connectivity index (χ1) is 13.2. The molecule has 0 unspecified atom stereocenters. The second kappa shape index (κ2) is 12.1. The number of hydrogen-bond donors (Lipinski definition) is 2. The van der Waals surface area contributed by atoms with Crippen molar-refractivity contribution < 1.29 is 9.47 Å². The monoisotopic (exact) mass is 518 g/mol. The summed E-state index contributed by atoms with van der Waals surface area (Å²) in [5.74, 6) is 0.817. The average Bonchev–Trinajstić information content (AvgIpc) is 2.67. The molecular weight excluding hydrogens is 479 g/mol. The molecule has 7 heteroatoms. The molecule has 2 N–H and O–H groups in total. The number of nitrogens with zero attached hydrogens (tertiary/aromatic N) is 2. The van der Waals surface area contributed by atoms with E-state index in [9.17, 15) is 0 Å². The molecule has 1 aliphatic heterocycles. The summed E-state index contributed by atoms with van der Waals surface area (Å²) >= 11 is 0. The molecule has 0 aliphatic carbocycles. The van der Waals surface area contributed by atoms with E-state index in [1.807, 2.05) is 7.05 Å². The standard InChI is InChI=1S/C22H38N4O2.HI/c1-21(2,3)28-16-19-9-7-8-18(14-19)15-24-20(23-6)25-17-22(4,5)26-10-12-27-13-11-26;/h7-9,14H,10-13,15-17H2,1-6H3,(H2,23,24,25);1H. The number of hydrogen-bond acceptors (Lipinski definition) is 4. The number of ether oxygens (including phenoxy) is 2. The molecule has 0 amide bonds. The van der Waals surface area contributed by atoms with E-state index >= 15 is 0 Å². The molecular formula is C22H39IN4O2. The third-order valence-corrected chi connectivity index (χ3v) is 4.90. The second-order valence-corrected chi connectivity index (χ2v) is 8.91. The highest BCUT2D eigenvalue weighted by atomic mass is 127. The van der Waals surface area contributed by atoms with Crippen LogP contribution in [0.2, 0.25) is 0 Å². The Bertz CT molecular complexity index is 638. The minimum atomic E-state index is -0.131. The van der Waals surface area contributed by atoms with Crippen molar-refractivity contribution in [3.05, 3.63) is 35.4 Å². The minimum Gasteiger partial charge on any atom is -0.379 e. The van der Waals surface area contributed by atoms with Gasteiger partial charge < -0.3 is 20.1 Å². The molecule has 0 bridgehead atoms. The maximum absolute atomic E-state index is 5.88. The Kier molecular flexibility index (Phi) is 10.9. The van der Waals surface area contributed by atoms with Crippen LogP contribution in [0.1, 0.15) is 45.7 Å². The topological polar surface area (TPSA) is 58.1 Å². The maximum atomic E-state index is 5.88. The zero-order chi connectivity index (χ0) is 20.6. The fraction of sp³-hybridized carbons (Fsp3) is 0.682. The normalized spacial score (nSPS) is 16.3. The van der Waals surface area contributed by atoms with Crippen LogP contribution in [0.3, 0.4) is 0 Å². The summed E-state index contributed by atoms with van der Waals surface area (Å²) in [7, 11) is 1.81. The summed E-state index contributed by atoms with van der Waals surface area (Å²) in [6.07, 6.45) is 0. The summed E-state index contributed by atoms with van der Waals surface area (Å²) in [5.41, 5.74) is 2.31. The first-order valence-corrected chi connectivity index (χ1v) is 10.2. The van der Waals surface area contributed by atoms with Crippen molar-refractivity contribution >= 4 is 29.9 Å². The summed E-state index contributed by atoms with van der Waals surface area (Å²) < 4.78 is 11.3. The van der Waals surface area contributed by atoms with Gasteiger partial charge in [-0.05, 0) is 45.7 Å². The first-order valence-electron chi connectivity index (χ1n) is 10.2. The average molecular weight is 518 g/mol. The highest BCUT2D eigenvalue weighted by Crippen LogP contribution is 2.15. The van der Waals surface area contributed by atoms with Gasteiger partial charge in [0.05, 0.1) is 25.4 Å². The van der Waals surface area contributed by atoms with Crippen molar-refractivity contribution in [2.45, 2.75) is 58.9 Å². The molecule has 0 radical (unpaired) electrons. The predicted octanol–water partition coefficient (Wildman–Crippen LogP) is 3.40. The van der Waals surface area contributed by atoms with Gasteiger partial charge in [0, 0.05) is 38.8 Å². The molecule has 1 heterocycles. The molecule has 1 aliphatic rings. The molecule has 1 aromatic carbocycles. The molecule has 0 saturated carbocycles. The number of guanidine groups is 1. The third-order valence-electron chi connectivity index (χ3n) is 4.90. The van der Waals surface area contributed by atoms with Gasteiger partial charge in [0.25, 0.3) is 0 Å². The highest BCUT2D eigenvalue weighted by Gasteiger charge is 2.28. The summed E-state index contributed by atoms with van der Waals surface area (Å²) in [4.78, 5) is 6.84. The van der Waals surface area contributed by atoms with E-state index in [0.717, 1.165) is 45.4 Å². The van der Waals surface area contributed by atoms with Crippen molar-refractivity contribution in [2.24, 2.45) is 4.99 Å². The number of aliphatic imine (C=N–C) groups is 1. The minimum absolute atomic E-state index is 0. The Morgan fingerprint density at radius 1 is 1.10 bits per heavy atom. The van der Waals surface area contributed by atoms with Gasteiger partial charge in [0.2, 0.25) is 0 Å². The van der Waals surface area contributed by atoms with Crippen LogP contribution in [0.15, 0.2) is 29.3 Å². The van der Waals surface area contributed by atoms with Gasteiger partial charge in [-0.2, -0.15) is 0 Å². The van der Waals surface area contributed by atoms with E-state index in [2.05, 4.69) is 79.4 Å². The van der Waals surface area contributed by atoms with Crippen LogP contribution in [0.4, 0.5) is 0 Å². The largest absolute Gasteiger partial charge is 0.379 e. The highest BCUT2D eigenvalue weighted by molar-refractivity contribution is 14.0. The van der Waals surface area contributed by atoms with Crippen LogP contribution in [-0.4, -0.2) is 61.9 Å².